The Morgan fingerprint density at radius 3 is 0.968 bits per heavy atom. The van der Waals surface area contributed by atoms with Gasteiger partial charge in [0.05, 0.1) is 0 Å². The van der Waals surface area contributed by atoms with E-state index in [4.69, 9.17) is 9.96 Å². The molecule has 0 aromatic heterocycles. The van der Waals surface area contributed by atoms with Crippen molar-refractivity contribution in [2.45, 2.75) is 92.2 Å². The van der Waals surface area contributed by atoms with Gasteiger partial charge in [0.1, 0.15) is 0 Å². The molecule has 2 nitrogen and oxygen atoms in total. The Balaban J connectivity index is 0.00000450. The second kappa shape index (κ2) is 12.6. The van der Waals surface area contributed by atoms with Crippen molar-refractivity contribution in [3.8, 4) is 0 Å². The third kappa shape index (κ3) is 7.76. The number of nitrogens with zero attached hydrogens (tertiary/aromatic N) is 2. The van der Waals surface area contributed by atoms with Crippen LogP contribution in [-0.4, -0.2) is 34.6 Å². The Morgan fingerprint density at radius 1 is 0.548 bits per heavy atom. The molecule has 5 heteroatoms. The zero-order valence-corrected chi connectivity index (χ0v) is 26.2. The van der Waals surface area contributed by atoms with Gasteiger partial charge in [-0.05, 0) is 23.7 Å². The Labute approximate surface area is 218 Å². The van der Waals surface area contributed by atoms with Crippen LogP contribution in [-0.2, 0) is 0 Å². The van der Waals surface area contributed by atoms with Crippen molar-refractivity contribution in [3.63, 3.8) is 0 Å². The Hall–Kier alpha value is -0.570. The topological polar surface area (TPSA) is 28.2 Å². The quantitative estimate of drug-likeness (QED) is 0.303. The Morgan fingerprint density at radius 2 is 0.774 bits per heavy atom. The van der Waals surface area contributed by atoms with E-state index in [0.717, 1.165) is 0 Å². The fourth-order valence-electron chi connectivity index (χ4n) is 3.85. The molecule has 0 spiro atoms. The van der Waals surface area contributed by atoms with E-state index in [2.05, 4.69) is 105 Å². The molecule has 0 saturated heterocycles. The molecule has 2 aromatic carbocycles. The monoisotopic (exact) mass is 652 g/mol. The molecule has 2 rings (SSSR count). The van der Waals surface area contributed by atoms with Crippen LogP contribution in [0.25, 0.3) is 9.96 Å². The first-order valence-electron chi connectivity index (χ1n) is 11.2. The first-order valence-corrected chi connectivity index (χ1v) is 14.1. The van der Waals surface area contributed by atoms with Crippen LogP contribution in [0, 0.1) is 0 Å². The molecular formula is C26H40BiClN2Si. The average Bonchev–Trinajstić information content (AvgIpc) is 2.60. The smallest absolute Gasteiger partial charge is 1.00 e. The molecule has 0 fully saturated rings. The van der Waals surface area contributed by atoms with Gasteiger partial charge in [-0.2, -0.15) is 0 Å². The molecule has 0 N–H and O–H groups in total. The van der Waals surface area contributed by atoms with E-state index in [1.165, 1.54) is 33.6 Å². The molecule has 31 heavy (non-hydrogen) atoms. The summed E-state index contributed by atoms with van der Waals surface area (Å²) in [6.45, 7) is 22.6. The first kappa shape index (κ1) is 30.4. The van der Waals surface area contributed by atoms with Gasteiger partial charge < -0.3 is 22.4 Å². The summed E-state index contributed by atoms with van der Waals surface area (Å²) in [5.74, 6) is 1.80. The van der Waals surface area contributed by atoms with Gasteiger partial charge >= 0.3 is 26.2 Å². The molecule has 0 heterocycles. The summed E-state index contributed by atoms with van der Waals surface area (Å²) < 4.78 is 0. The molecule has 0 aliphatic rings. The molecule has 170 valence electrons. The summed E-state index contributed by atoms with van der Waals surface area (Å²) in [6.07, 6.45) is 0. The minimum absolute atomic E-state index is 0. The summed E-state index contributed by atoms with van der Waals surface area (Å²) in [5, 5.41) is 0. The zero-order chi connectivity index (χ0) is 21.9. The van der Waals surface area contributed by atoms with Crippen LogP contribution in [0.1, 0.15) is 101 Å². The molecule has 0 aliphatic heterocycles. The van der Waals surface area contributed by atoms with Crippen LogP contribution >= 0.6 is 0 Å². The number of hydrogen-bond acceptors (Lipinski definition) is 0. The molecule has 2 aromatic rings. The summed E-state index contributed by atoms with van der Waals surface area (Å²) in [4.78, 5) is 10.8. The summed E-state index contributed by atoms with van der Waals surface area (Å²) in [7, 11) is -2.24. The molecule has 0 saturated carbocycles. The van der Waals surface area contributed by atoms with E-state index in [0.29, 0.717) is 23.7 Å². The fourth-order valence-corrected chi connectivity index (χ4v) is 5.51. The Bertz CT molecular complexity index is 712. The maximum Gasteiger partial charge on any atom is 3.00 e. The normalized spacial score (nSPS) is 11.5. The second-order valence-corrected chi connectivity index (χ2v) is 13.3. The molecular weight excluding hydrogens is 613 g/mol. The van der Waals surface area contributed by atoms with Crippen molar-refractivity contribution in [2.75, 3.05) is 0 Å². The van der Waals surface area contributed by atoms with E-state index in [1.54, 1.807) is 0 Å². The van der Waals surface area contributed by atoms with Gasteiger partial charge in [-0.1, -0.05) is 114 Å². The Kier molecular flexibility index (Phi) is 12.4. The van der Waals surface area contributed by atoms with E-state index >= 15 is 0 Å². The second-order valence-electron chi connectivity index (χ2n) is 9.91. The van der Waals surface area contributed by atoms with E-state index in [1.807, 2.05) is 0 Å². The van der Waals surface area contributed by atoms with Crippen molar-refractivity contribution in [1.29, 1.82) is 0 Å². The van der Waals surface area contributed by atoms with Crippen molar-refractivity contribution in [2.24, 2.45) is 0 Å². The number of benzene rings is 2. The van der Waals surface area contributed by atoms with Crippen LogP contribution in [0.4, 0.5) is 11.4 Å². The van der Waals surface area contributed by atoms with E-state index in [9.17, 15) is 0 Å². The van der Waals surface area contributed by atoms with Gasteiger partial charge in [-0.25, -0.2) is 0 Å². The molecule has 0 atom stereocenters. The van der Waals surface area contributed by atoms with Crippen molar-refractivity contribution < 1.29 is 12.4 Å². The van der Waals surface area contributed by atoms with Crippen LogP contribution in [0.15, 0.2) is 36.4 Å². The SMILES string of the molecule is CC(C)c1cccc(C(C)C)c1[N-][Si](C)(C)[N-]c1c(C(C)C)cccc1C(C)C.[Bi+3].[Cl-]. The number of rotatable bonds is 8. The molecule has 0 amide bonds. The average molecular weight is 653 g/mol. The van der Waals surface area contributed by atoms with Crippen molar-refractivity contribution in [3.05, 3.63) is 68.6 Å². The largest absolute Gasteiger partial charge is 3.00 e. The predicted octanol–water partition coefficient (Wildman–Crippen LogP) is 6.22. The molecule has 2 radical (unpaired) electrons. The summed E-state index contributed by atoms with van der Waals surface area (Å²) in [6, 6.07) is 13.3. The third-order valence-corrected chi connectivity index (χ3v) is 7.00. The molecule has 0 bridgehead atoms. The number of hydrogen-bond donors (Lipinski definition) is 0. The minimum atomic E-state index is -2.24. The van der Waals surface area contributed by atoms with Crippen LogP contribution < -0.4 is 12.4 Å². The third-order valence-electron chi connectivity index (χ3n) is 5.46. The van der Waals surface area contributed by atoms with Crippen LogP contribution in [0.5, 0.6) is 0 Å². The van der Waals surface area contributed by atoms with Crippen molar-refractivity contribution >= 4 is 46.0 Å². The zero-order valence-electron chi connectivity index (χ0n) is 21.0. The minimum Gasteiger partial charge on any atom is -1.00 e. The fraction of sp³-hybridized carbons (Fsp3) is 0.538. The van der Waals surface area contributed by atoms with E-state index in [-0.39, 0.29) is 38.6 Å². The molecule has 0 aliphatic carbocycles. The van der Waals surface area contributed by atoms with Gasteiger partial charge in [0, 0.05) is 0 Å². The van der Waals surface area contributed by atoms with Gasteiger partial charge in [0.15, 0.2) is 0 Å². The summed E-state index contributed by atoms with van der Waals surface area (Å²) >= 11 is 0. The predicted molar refractivity (Wildman–Crippen MR) is 139 cm³/mol. The number of halogens is 1. The summed E-state index contributed by atoms with van der Waals surface area (Å²) in [5.41, 5.74) is 7.74. The molecule has 0 unspecified atom stereocenters. The maximum atomic E-state index is 5.40. The van der Waals surface area contributed by atoms with Crippen molar-refractivity contribution in [1.82, 2.24) is 0 Å². The first-order chi connectivity index (χ1) is 13.4. The van der Waals surface area contributed by atoms with Gasteiger partial charge in [0.2, 0.25) is 0 Å². The van der Waals surface area contributed by atoms with E-state index < -0.39 is 8.40 Å². The van der Waals surface area contributed by atoms with Crippen LogP contribution in [0.2, 0.25) is 13.1 Å². The van der Waals surface area contributed by atoms with Gasteiger partial charge in [0.25, 0.3) is 0 Å². The van der Waals surface area contributed by atoms with Gasteiger partial charge in [-0.3, -0.25) is 0 Å². The van der Waals surface area contributed by atoms with Gasteiger partial charge in [-0.15, -0.1) is 32.9 Å². The standard InChI is InChI=1S/C26H40N2Si.Bi.ClH/c1-17(2)21-13-11-14-22(18(3)4)25(21)27-29(9,10)28-26-23(19(5)6)15-12-16-24(26)20(7)8;;/h11-20H,1-10H3;;1H/q-2;+3;/p-1. The van der Waals surface area contributed by atoms with Crippen LogP contribution in [0.3, 0.4) is 0 Å². The maximum absolute atomic E-state index is 5.40.